The lowest BCUT2D eigenvalue weighted by atomic mass is 9.70. The average Bonchev–Trinajstić information content (AvgIpc) is 2.50. The van der Waals surface area contributed by atoms with E-state index in [2.05, 4.69) is 13.8 Å². The maximum Gasteiger partial charge on any atom is 0.188 e. The van der Waals surface area contributed by atoms with Gasteiger partial charge in [-0.1, -0.05) is 61.4 Å². The van der Waals surface area contributed by atoms with Gasteiger partial charge in [-0.25, -0.2) is 0 Å². The van der Waals surface area contributed by atoms with Crippen molar-refractivity contribution in [2.75, 3.05) is 6.61 Å². The molecule has 0 amide bonds. The zero-order valence-electron chi connectivity index (χ0n) is 15.3. The van der Waals surface area contributed by atoms with E-state index in [-0.39, 0.29) is 17.8 Å². The molecule has 0 atom stereocenters. The third kappa shape index (κ3) is 5.20. The molecule has 0 bridgehead atoms. The van der Waals surface area contributed by atoms with Gasteiger partial charge in [-0.2, -0.15) is 0 Å². The number of aliphatic hydroxyl groups is 2. The lowest BCUT2D eigenvalue weighted by molar-refractivity contribution is -0.113. The highest BCUT2D eigenvalue weighted by Crippen LogP contribution is 2.41. The number of Topliss-reactive ketones (excluding diaryl/α,β-unsaturated/α-hetero) is 1. The highest BCUT2D eigenvalue weighted by Gasteiger charge is 2.34. The van der Waals surface area contributed by atoms with Gasteiger partial charge in [0.25, 0.3) is 0 Å². The lowest BCUT2D eigenvalue weighted by Crippen LogP contribution is -2.26. The van der Waals surface area contributed by atoms with Gasteiger partial charge >= 0.3 is 0 Å². The van der Waals surface area contributed by atoms with Crippen LogP contribution in [0.1, 0.15) is 41.0 Å². The second-order valence-corrected chi connectivity index (χ2v) is 6.82. The van der Waals surface area contributed by atoms with Gasteiger partial charge in [-0.15, -0.1) is 0 Å². The molecule has 0 spiro atoms. The fraction of sp³-hybridized carbons (Fsp3) is 0.381. The molecule has 0 aromatic rings. The van der Waals surface area contributed by atoms with E-state index in [0.717, 1.165) is 23.0 Å². The van der Waals surface area contributed by atoms with Crippen molar-refractivity contribution in [1.82, 2.24) is 0 Å². The minimum Gasteiger partial charge on any atom is -0.515 e. The second kappa shape index (κ2) is 8.65. The van der Waals surface area contributed by atoms with Gasteiger partial charge in [0.1, 0.15) is 0 Å². The van der Waals surface area contributed by atoms with Crippen LogP contribution in [0.4, 0.5) is 0 Å². The molecule has 0 unspecified atom stereocenters. The van der Waals surface area contributed by atoms with Crippen molar-refractivity contribution in [3.63, 3.8) is 0 Å². The smallest absolute Gasteiger partial charge is 0.188 e. The molecule has 0 aromatic carbocycles. The van der Waals surface area contributed by atoms with Crippen LogP contribution in [-0.2, 0) is 4.79 Å². The number of ketones is 1. The number of allylic oxidation sites excluding steroid dienone is 10. The molecular weight excluding hydrogens is 300 g/mol. The van der Waals surface area contributed by atoms with Crippen molar-refractivity contribution >= 4 is 5.78 Å². The maximum absolute atomic E-state index is 12.2. The first-order valence-corrected chi connectivity index (χ1v) is 8.13. The van der Waals surface area contributed by atoms with E-state index in [4.69, 9.17) is 5.11 Å². The van der Waals surface area contributed by atoms with Gasteiger partial charge in [0.15, 0.2) is 5.78 Å². The maximum atomic E-state index is 12.2. The van der Waals surface area contributed by atoms with Crippen LogP contribution in [0.15, 0.2) is 70.6 Å². The van der Waals surface area contributed by atoms with Crippen molar-refractivity contribution in [2.24, 2.45) is 5.41 Å². The monoisotopic (exact) mass is 328 g/mol. The predicted octanol–water partition coefficient (Wildman–Crippen LogP) is 4.74. The third-order valence-corrected chi connectivity index (χ3v) is 4.20. The van der Waals surface area contributed by atoms with Crippen LogP contribution < -0.4 is 0 Å². The summed E-state index contributed by atoms with van der Waals surface area (Å²) in [4.78, 5) is 12.2. The summed E-state index contributed by atoms with van der Waals surface area (Å²) in [5.74, 6) is -0.0808. The summed E-state index contributed by atoms with van der Waals surface area (Å²) in [6.45, 7) is 9.94. The van der Waals surface area contributed by atoms with Gasteiger partial charge in [-0.05, 0) is 38.2 Å². The van der Waals surface area contributed by atoms with Gasteiger partial charge in [0.2, 0.25) is 0 Å². The molecule has 0 aliphatic heterocycles. The Morgan fingerprint density at radius 3 is 2.46 bits per heavy atom. The van der Waals surface area contributed by atoms with Crippen LogP contribution in [0.2, 0.25) is 0 Å². The zero-order valence-corrected chi connectivity index (χ0v) is 15.3. The van der Waals surface area contributed by atoms with Crippen molar-refractivity contribution in [3.8, 4) is 0 Å². The summed E-state index contributed by atoms with van der Waals surface area (Å²) in [5, 5.41) is 18.1. The molecule has 24 heavy (non-hydrogen) atoms. The first-order valence-electron chi connectivity index (χ1n) is 8.13. The Labute approximate surface area is 145 Å². The normalized spacial score (nSPS) is 21.6. The molecule has 0 heterocycles. The number of carbonyl (C=O) groups excluding carboxylic acids is 1. The highest BCUT2D eigenvalue weighted by atomic mass is 16.3. The standard InChI is InChI=1S/C21H28O3/c1-15(7-6-8-16(2)11-12-22)9-10-19-17(3)20(24)18(14-23)13-21(19,4)5/h6-11,14,22-23H,12-13H2,1-5H3/b8-6-,10-9+,15-7+,16-11+,18-14-. The van der Waals surface area contributed by atoms with E-state index in [1.54, 1.807) is 6.08 Å². The summed E-state index contributed by atoms with van der Waals surface area (Å²) in [6, 6.07) is 0. The highest BCUT2D eigenvalue weighted by molar-refractivity contribution is 6.09. The summed E-state index contributed by atoms with van der Waals surface area (Å²) < 4.78 is 0. The Kier molecular flexibility index (Phi) is 7.18. The Hall–Kier alpha value is -2.13. The Morgan fingerprint density at radius 2 is 1.88 bits per heavy atom. The molecule has 0 radical (unpaired) electrons. The van der Waals surface area contributed by atoms with E-state index in [1.807, 2.05) is 51.2 Å². The lowest BCUT2D eigenvalue weighted by Gasteiger charge is -2.33. The van der Waals surface area contributed by atoms with E-state index >= 15 is 0 Å². The third-order valence-electron chi connectivity index (χ3n) is 4.20. The molecular formula is C21H28O3. The van der Waals surface area contributed by atoms with Crippen LogP contribution in [0.25, 0.3) is 0 Å². The molecule has 1 aliphatic rings. The molecule has 0 saturated heterocycles. The van der Waals surface area contributed by atoms with Crippen LogP contribution >= 0.6 is 0 Å². The summed E-state index contributed by atoms with van der Waals surface area (Å²) in [6.07, 6.45) is 13.1. The Balaban J connectivity index is 3.01. The molecule has 1 aliphatic carbocycles. The molecule has 0 saturated carbocycles. The number of rotatable bonds is 5. The van der Waals surface area contributed by atoms with E-state index in [0.29, 0.717) is 17.6 Å². The van der Waals surface area contributed by atoms with Gasteiger partial charge in [0.05, 0.1) is 12.9 Å². The minimum absolute atomic E-state index is 0.0413. The van der Waals surface area contributed by atoms with Crippen LogP contribution in [0, 0.1) is 5.41 Å². The number of hydrogen-bond acceptors (Lipinski definition) is 3. The first kappa shape index (κ1) is 19.9. The van der Waals surface area contributed by atoms with Crippen molar-refractivity contribution in [3.05, 3.63) is 70.6 Å². The summed E-state index contributed by atoms with van der Waals surface area (Å²) >= 11 is 0. The van der Waals surface area contributed by atoms with Gasteiger partial charge in [-0.3, -0.25) is 4.79 Å². The topological polar surface area (TPSA) is 57.5 Å². The van der Waals surface area contributed by atoms with Gasteiger partial charge < -0.3 is 10.2 Å². The predicted molar refractivity (Wildman–Crippen MR) is 99.7 cm³/mol. The van der Waals surface area contributed by atoms with Crippen LogP contribution in [0.5, 0.6) is 0 Å². The average molecular weight is 328 g/mol. The molecule has 3 nitrogen and oxygen atoms in total. The molecule has 2 N–H and O–H groups in total. The number of aliphatic hydroxyl groups excluding tert-OH is 2. The van der Waals surface area contributed by atoms with Gasteiger partial charge in [0, 0.05) is 11.1 Å². The minimum atomic E-state index is -0.195. The van der Waals surface area contributed by atoms with E-state index < -0.39 is 0 Å². The SMILES string of the molecule is CC1=C(/C=C/C(C)=C/C=C\C(C)=C\CO)C(C)(C)C/C(=C/O)C1=O. The van der Waals surface area contributed by atoms with Crippen molar-refractivity contribution in [1.29, 1.82) is 0 Å². The quantitative estimate of drug-likeness (QED) is 0.435. The molecule has 0 aromatic heterocycles. The van der Waals surface area contributed by atoms with Crippen molar-refractivity contribution in [2.45, 2.75) is 41.0 Å². The van der Waals surface area contributed by atoms with Crippen LogP contribution in [-0.4, -0.2) is 22.6 Å². The molecule has 0 fully saturated rings. The first-order chi connectivity index (χ1) is 11.2. The zero-order chi connectivity index (χ0) is 18.3. The molecule has 1 rings (SSSR count). The number of hydrogen-bond donors (Lipinski definition) is 2. The van der Waals surface area contributed by atoms with Crippen molar-refractivity contribution < 1.29 is 15.0 Å². The molecule has 3 heteroatoms. The summed E-state index contributed by atoms with van der Waals surface area (Å²) in [7, 11) is 0. The largest absolute Gasteiger partial charge is 0.515 e. The Bertz CT molecular complexity index is 665. The number of carbonyl (C=O) groups is 1. The van der Waals surface area contributed by atoms with E-state index in [1.165, 1.54) is 0 Å². The Morgan fingerprint density at radius 1 is 1.21 bits per heavy atom. The fourth-order valence-corrected chi connectivity index (χ4v) is 2.81. The second-order valence-electron chi connectivity index (χ2n) is 6.82. The molecule has 130 valence electrons. The summed E-state index contributed by atoms with van der Waals surface area (Å²) in [5.41, 5.74) is 4.04. The van der Waals surface area contributed by atoms with Crippen LogP contribution in [0.3, 0.4) is 0 Å². The fourth-order valence-electron chi connectivity index (χ4n) is 2.81. The van der Waals surface area contributed by atoms with E-state index in [9.17, 15) is 9.90 Å².